The lowest BCUT2D eigenvalue weighted by molar-refractivity contribution is -0.122. The average molecular weight is 237 g/mol. The molecule has 0 radical (unpaired) electrons. The molecule has 5 heteroatoms. The lowest BCUT2D eigenvalue weighted by atomic mass is 10.1. The molecule has 1 aromatic rings. The number of fused-ring (bicyclic) bond motifs is 1. The van der Waals surface area contributed by atoms with Gasteiger partial charge in [-0.3, -0.25) is 4.79 Å². The van der Waals surface area contributed by atoms with Crippen molar-refractivity contribution in [1.29, 1.82) is 0 Å². The Balaban J connectivity index is 2.46. The fourth-order valence-corrected chi connectivity index (χ4v) is 1.69. The molecular formula is C12H15NO4. The summed E-state index contributed by atoms with van der Waals surface area (Å²) in [5, 5.41) is 11.9. The van der Waals surface area contributed by atoms with Gasteiger partial charge in [0.1, 0.15) is 0 Å². The van der Waals surface area contributed by atoms with Gasteiger partial charge in [0.25, 0.3) is 5.91 Å². The van der Waals surface area contributed by atoms with Crippen LogP contribution in [0.15, 0.2) is 12.1 Å². The van der Waals surface area contributed by atoms with Crippen LogP contribution in [0.25, 0.3) is 0 Å². The van der Waals surface area contributed by atoms with Crippen LogP contribution in [0.1, 0.15) is 19.4 Å². The molecule has 0 spiro atoms. The zero-order valence-corrected chi connectivity index (χ0v) is 9.82. The molecular weight excluding hydrogens is 222 g/mol. The van der Waals surface area contributed by atoms with Crippen molar-refractivity contribution in [2.75, 3.05) is 11.9 Å². The molecule has 0 aliphatic carbocycles. The maximum Gasteiger partial charge on any atom is 0.265 e. The summed E-state index contributed by atoms with van der Waals surface area (Å²) in [5.41, 5.74) is 1.22. The standard InChI is InChI=1S/C12H15NO4/c1-3-16-10-5-8(6-14)4-9-11(10)17-7(2)12(15)13-9/h4-5,7,14H,3,6H2,1-2H3,(H,13,15). The summed E-state index contributed by atoms with van der Waals surface area (Å²) in [6.07, 6.45) is -0.540. The highest BCUT2D eigenvalue weighted by Gasteiger charge is 2.26. The first-order chi connectivity index (χ1) is 8.15. The van der Waals surface area contributed by atoms with Gasteiger partial charge in [-0.05, 0) is 31.5 Å². The van der Waals surface area contributed by atoms with Gasteiger partial charge in [-0.1, -0.05) is 0 Å². The lowest BCUT2D eigenvalue weighted by Crippen LogP contribution is -2.34. The minimum atomic E-state index is -0.540. The molecule has 0 aromatic heterocycles. The third kappa shape index (κ3) is 2.19. The number of hydrogen-bond donors (Lipinski definition) is 2. The summed E-state index contributed by atoms with van der Waals surface area (Å²) in [4.78, 5) is 11.5. The number of hydrogen-bond acceptors (Lipinski definition) is 4. The highest BCUT2D eigenvalue weighted by Crippen LogP contribution is 2.40. The molecule has 1 aliphatic heterocycles. The Morgan fingerprint density at radius 3 is 2.94 bits per heavy atom. The van der Waals surface area contributed by atoms with Crippen molar-refractivity contribution in [3.63, 3.8) is 0 Å². The highest BCUT2D eigenvalue weighted by atomic mass is 16.5. The van der Waals surface area contributed by atoms with E-state index in [1.54, 1.807) is 19.1 Å². The molecule has 17 heavy (non-hydrogen) atoms. The van der Waals surface area contributed by atoms with E-state index in [1.165, 1.54) is 0 Å². The number of anilines is 1. The van der Waals surface area contributed by atoms with Gasteiger partial charge in [0.15, 0.2) is 17.6 Å². The number of aliphatic hydroxyl groups is 1. The van der Waals surface area contributed by atoms with E-state index in [9.17, 15) is 4.79 Å². The zero-order chi connectivity index (χ0) is 12.4. The highest BCUT2D eigenvalue weighted by molar-refractivity contribution is 5.98. The van der Waals surface area contributed by atoms with Crippen molar-refractivity contribution < 1.29 is 19.4 Å². The Morgan fingerprint density at radius 2 is 2.29 bits per heavy atom. The summed E-state index contributed by atoms with van der Waals surface area (Å²) >= 11 is 0. The monoisotopic (exact) mass is 237 g/mol. The second-order valence-corrected chi connectivity index (χ2v) is 3.81. The molecule has 0 bridgehead atoms. The van der Waals surface area contributed by atoms with Gasteiger partial charge < -0.3 is 19.9 Å². The molecule has 2 rings (SSSR count). The first-order valence-corrected chi connectivity index (χ1v) is 5.53. The van der Waals surface area contributed by atoms with E-state index in [4.69, 9.17) is 14.6 Å². The van der Waals surface area contributed by atoms with Gasteiger partial charge in [0.2, 0.25) is 0 Å². The normalized spacial score (nSPS) is 18.1. The van der Waals surface area contributed by atoms with E-state index in [-0.39, 0.29) is 12.5 Å². The fourth-order valence-electron chi connectivity index (χ4n) is 1.69. The Morgan fingerprint density at radius 1 is 1.53 bits per heavy atom. The molecule has 1 aliphatic rings. The number of carbonyl (C=O) groups is 1. The quantitative estimate of drug-likeness (QED) is 0.831. The molecule has 0 saturated heterocycles. The Kier molecular flexibility index (Phi) is 3.19. The van der Waals surface area contributed by atoms with Gasteiger partial charge >= 0.3 is 0 Å². The van der Waals surface area contributed by atoms with Gasteiger partial charge in [-0.25, -0.2) is 0 Å². The van der Waals surface area contributed by atoms with Crippen molar-refractivity contribution in [3.8, 4) is 11.5 Å². The minimum absolute atomic E-state index is 0.112. The molecule has 92 valence electrons. The Hall–Kier alpha value is -1.75. The number of rotatable bonds is 3. The molecule has 1 atom stereocenters. The van der Waals surface area contributed by atoms with Gasteiger partial charge in [-0.2, -0.15) is 0 Å². The summed E-state index contributed by atoms with van der Waals surface area (Å²) in [5.74, 6) is 0.868. The van der Waals surface area contributed by atoms with E-state index in [2.05, 4.69) is 5.32 Å². The van der Waals surface area contributed by atoms with Crippen LogP contribution in [0.5, 0.6) is 11.5 Å². The van der Waals surface area contributed by atoms with Gasteiger partial charge in [-0.15, -0.1) is 0 Å². The third-order valence-corrected chi connectivity index (χ3v) is 2.52. The Bertz CT molecular complexity index is 444. The van der Waals surface area contributed by atoms with Crippen molar-refractivity contribution in [3.05, 3.63) is 17.7 Å². The van der Waals surface area contributed by atoms with Crippen molar-refractivity contribution in [2.24, 2.45) is 0 Å². The molecule has 0 fully saturated rings. The number of benzene rings is 1. The summed E-state index contributed by atoms with van der Waals surface area (Å²) in [6.45, 7) is 3.92. The third-order valence-electron chi connectivity index (χ3n) is 2.52. The van der Waals surface area contributed by atoms with Crippen LogP contribution in [0.2, 0.25) is 0 Å². The van der Waals surface area contributed by atoms with Gasteiger partial charge in [0.05, 0.1) is 18.9 Å². The smallest absolute Gasteiger partial charge is 0.265 e. The van der Waals surface area contributed by atoms with Crippen LogP contribution < -0.4 is 14.8 Å². The SMILES string of the molecule is CCOc1cc(CO)cc2c1OC(C)C(=O)N2. The molecule has 5 nitrogen and oxygen atoms in total. The largest absolute Gasteiger partial charge is 0.490 e. The Labute approximate surface area is 99.3 Å². The van der Waals surface area contributed by atoms with Crippen molar-refractivity contribution >= 4 is 11.6 Å². The number of carbonyl (C=O) groups excluding carboxylic acids is 1. The van der Waals surface area contributed by atoms with E-state index in [0.717, 1.165) is 0 Å². The average Bonchev–Trinajstić information content (AvgIpc) is 2.31. The second-order valence-electron chi connectivity index (χ2n) is 3.81. The van der Waals surface area contributed by atoms with Crippen molar-refractivity contribution in [2.45, 2.75) is 26.6 Å². The van der Waals surface area contributed by atoms with Gasteiger partial charge in [0, 0.05) is 0 Å². The first-order valence-electron chi connectivity index (χ1n) is 5.53. The van der Waals surface area contributed by atoms with Crippen LogP contribution >= 0.6 is 0 Å². The summed E-state index contributed by atoms with van der Waals surface area (Å²) < 4.78 is 11.0. The number of amides is 1. The second kappa shape index (κ2) is 4.63. The molecule has 1 aromatic carbocycles. The summed E-state index contributed by atoms with van der Waals surface area (Å²) in [6, 6.07) is 3.40. The maximum atomic E-state index is 11.5. The van der Waals surface area contributed by atoms with Crippen LogP contribution in [0.4, 0.5) is 5.69 Å². The zero-order valence-electron chi connectivity index (χ0n) is 9.82. The number of nitrogens with one attached hydrogen (secondary N) is 1. The minimum Gasteiger partial charge on any atom is -0.490 e. The lowest BCUT2D eigenvalue weighted by Gasteiger charge is -2.25. The fraction of sp³-hybridized carbons (Fsp3) is 0.417. The molecule has 1 amide bonds. The first kappa shape index (κ1) is 11.7. The summed E-state index contributed by atoms with van der Waals surface area (Å²) in [7, 11) is 0. The van der Waals surface area contributed by atoms with Crippen LogP contribution in [-0.4, -0.2) is 23.7 Å². The van der Waals surface area contributed by atoms with Crippen LogP contribution in [-0.2, 0) is 11.4 Å². The number of ether oxygens (including phenoxy) is 2. The van der Waals surface area contributed by atoms with E-state index < -0.39 is 6.10 Å². The maximum absolute atomic E-state index is 11.5. The molecule has 2 N–H and O–H groups in total. The van der Waals surface area contributed by atoms with Crippen molar-refractivity contribution in [1.82, 2.24) is 0 Å². The molecule has 0 saturated carbocycles. The molecule has 1 unspecified atom stereocenters. The van der Waals surface area contributed by atoms with Crippen LogP contribution in [0, 0.1) is 0 Å². The number of aliphatic hydroxyl groups excluding tert-OH is 1. The van der Waals surface area contributed by atoms with E-state index >= 15 is 0 Å². The van der Waals surface area contributed by atoms with Crippen LogP contribution in [0.3, 0.4) is 0 Å². The predicted molar refractivity (Wildman–Crippen MR) is 62.3 cm³/mol. The van der Waals surface area contributed by atoms with E-state index in [0.29, 0.717) is 29.4 Å². The molecule has 1 heterocycles. The van der Waals surface area contributed by atoms with E-state index in [1.807, 2.05) is 6.92 Å². The predicted octanol–water partition coefficient (Wildman–Crippen LogP) is 1.30. The topological polar surface area (TPSA) is 67.8 Å².